The van der Waals surface area contributed by atoms with Gasteiger partial charge < -0.3 is 84.3 Å². The van der Waals surface area contributed by atoms with E-state index in [0.29, 0.717) is 119 Å². The summed E-state index contributed by atoms with van der Waals surface area (Å²) in [7, 11) is 7.13. The van der Waals surface area contributed by atoms with Gasteiger partial charge in [0.2, 0.25) is 8.32 Å². The second-order valence-electron chi connectivity index (χ2n) is 42.7. The quantitative estimate of drug-likeness (QED) is 0.0360. The zero-order chi connectivity index (χ0) is 89.7. The number of allylic oxidation sites excluding steroid dienone is 1. The lowest BCUT2D eigenvalue weighted by Gasteiger charge is -2.66. The van der Waals surface area contributed by atoms with Crippen molar-refractivity contribution in [3.8, 4) is 0 Å². The van der Waals surface area contributed by atoms with Gasteiger partial charge in [0.25, 0.3) is 14.3 Å². The molecule has 3 spiro atoms. The lowest BCUT2D eigenvalue weighted by atomic mass is 9.40. The van der Waals surface area contributed by atoms with Crippen LogP contribution < -0.4 is 0 Å². The summed E-state index contributed by atoms with van der Waals surface area (Å²) in [6.07, 6.45) is 16.3. The summed E-state index contributed by atoms with van der Waals surface area (Å²) in [6, 6.07) is 0. The van der Waals surface area contributed by atoms with Crippen molar-refractivity contribution >= 4 is 60.6 Å². The minimum atomic E-state index is -2.48. The highest BCUT2D eigenvalue weighted by atomic mass is 28.4. The maximum absolute atomic E-state index is 13.6. The molecule has 12 rings (SSSR count). The number of rotatable bonds is 20. The standard InChI is InChI=1S/2C31H52O8Si.C22H32O6.C9H20O2Si.CH4/c1-21-22-11-12-29(20-34-6)17-23(26(33)36-8)30(19-25(32)35-7,39-40(9,10)27(2,3)4)18-24(29)28(22,5)13-14-31(21)37-15-16-38-31;1-20-21-11-12-30(19-34-6)22(17-25(32)35-7)26(27(33)36-8)23(39-40(9,10)28(2,3)4)18-24(30)29(21,5)13-14-31(20)37-15-16-38-31;1-14-16-5-6-21(13-25-3)12-15(19(24)26-4)17(23)11-18(21)20(16,2)7-8-22(14)27-9-10-28-22;1-8(10-5)11-12(6,7)9(2,3)4;/h17,21-22,24H,11-16,18-20H2,1-10H3;20-22,24H,11-19H2,1-10H3;12,14,16,18H,5-11,13H2,1-4H3;1H2,2-7H3;1H4/t21-,22-,24?,28-,29-,30?;20-,21-,22-,24?,29-,30+;14-,16-,18?,20-,21-;;/m000../s1. The van der Waals surface area contributed by atoms with E-state index in [9.17, 15) is 28.8 Å². The van der Waals surface area contributed by atoms with Gasteiger partial charge in [0, 0.05) is 93.4 Å². The molecule has 0 bridgehead atoms. The Morgan fingerprint density at radius 2 is 0.876 bits per heavy atom. The van der Waals surface area contributed by atoms with Gasteiger partial charge in [0.05, 0.1) is 143 Å². The number of hydrogen-bond acceptors (Lipinski definition) is 24. The largest absolute Gasteiger partial charge is 0.546 e. The smallest absolute Gasteiger partial charge is 0.341 e. The number of ether oxygens (including phenoxy) is 15. The number of esters is 5. The van der Waals surface area contributed by atoms with Crippen LogP contribution in [0.5, 0.6) is 0 Å². The van der Waals surface area contributed by atoms with E-state index < -0.39 is 83.1 Å². The molecule has 0 N–H and O–H groups in total. The van der Waals surface area contributed by atoms with E-state index >= 15 is 0 Å². The van der Waals surface area contributed by atoms with Gasteiger partial charge in [-0.25, -0.2) is 14.4 Å². The first-order valence-electron chi connectivity index (χ1n) is 44.4. The molecule has 0 aromatic rings. The predicted molar refractivity (Wildman–Crippen MR) is 470 cm³/mol. The molecular formula is C94H160O24Si3. The highest BCUT2D eigenvalue weighted by Gasteiger charge is 2.71. The minimum absolute atomic E-state index is 0. The molecule has 9 aliphatic carbocycles. The normalized spacial score (nSPS) is 35.1. The van der Waals surface area contributed by atoms with E-state index in [1.54, 1.807) is 28.4 Å². The molecule has 0 amide bonds. The maximum Gasteiger partial charge on any atom is 0.341 e. The average molecular weight is 1760 g/mol. The van der Waals surface area contributed by atoms with Gasteiger partial charge in [-0.15, -0.1) is 0 Å². The molecule has 3 saturated heterocycles. The van der Waals surface area contributed by atoms with Crippen LogP contribution in [0.3, 0.4) is 0 Å². The van der Waals surface area contributed by atoms with Crippen molar-refractivity contribution in [3.05, 3.63) is 47.2 Å². The Labute approximate surface area is 729 Å². The van der Waals surface area contributed by atoms with Gasteiger partial charge in [0.1, 0.15) is 0 Å². The van der Waals surface area contributed by atoms with Crippen LogP contribution in [-0.2, 0) is 113 Å². The van der Waals surface area contributed by atoms with E-state index in [1.807, 2.05) is 6.08 Å². The van der Waals surface area contributed by atoms with Crippen LogP contribution in [0.15, 0.2) is 47.2 Å². The number of ketones is 1. The Balaban J connectivity index is 0.000000213. The molecule has 4 unspecified atom stereocenters. The van der Waals surface area contributed by atoms with Gasteiger partial charge in [-0.3, -0.25) is 14.4 Å². The van der Waals surface area contributed by atoms with Crippen molar-refractivity contribution in [1.29, 1.82) is 0 Å². The fraction of sp³-hybridized carbons (Fsp3) is 0.851. The molecule has 692 valence electrons. The summed E-state index contributed by atoms with van der Waals surface area (Å²) in [6.45, 7) is 55.7. The van der Waals surface area contributed by atoms with Crippen LogP contribution in [0.25, 0.3) is 0 Å². The molecule has 121 heavy (non-hydrogen) atoms. The Morgan fingerprint density at radius 1 is 0.471 bits per heavy atom. The molecule has 0 aromatic carbocycles. The third kappa shape index (κ3) is 19.0. The van der Waals surface area contributed by atoms with E-state index in [2.05, 4.69) is 156 Å². The molecule has 0 radical (unpaired) electrons. The first-order chi connectivity index (χ1) is 55.7. The fourth-order valence-corrected chi connectivity index (χ4v) is 28.0. The van der Waals surface area contributed by atoms with Gasteiger partial charge >= 0.3 is 29.8 Å². The first-order valence-corrected chi connectivity index (χ1v) is 53.1. The number of carbonyl (C=O) groups excluding carboxylic acids is 6. The van der Waals surface area contributed by atoms with Crippen LogP contribution in [0.4, 0.5) is 0 Å². The highest BCUT2D eigenvalue weighted by Crippen LogP contribution is 2.73. The van der Waals surface area contributed by atoms with Gasteiger partial charge in [-0.05, 0) is 177 Å². The lowest BCUT2D eigenvalue weighted by molar-refractivity contribution is -0.270. The topological polar surface area (TPSA) is 269 Å². The molecule has 3 heterocycles. The number of fused-ring (bicyclic) bond motifs is 9. The number of carbonyl (C=O) groups is 6. The van der Waals surface area contributed by atoms with Crippen LogP contribution in [0.2, 0.25) is 54.4 Å². The zero-order valence-corrected chi connectivity index (χ0v) is 82.3. The molecule has 9 fully saturated rings. The SMILES string of the molecule is C.C=C(OC)O[Si](C)(C)C(C)(C)C.COC[C@@]12CC[C@H]3[C@H](C)C4(CC[C@]3(C)C1CC(O[Si](C)(C)C(C)(C)C)=C(C(=O)OC)[C@@H]2CC(=O)OC)OCCO4.COC[C@]12C=C(C(=O)OC)C(=O)CC1[C@@]1(C)CCC3(OCCO3)[C@@H](C)[C@@H]1CC2.COC[C@]12C=C(C(=O)OC)C(CC(=O)OC)(O[Si](C)(C)C(C)(C)C)CC1[C@@]1(C)CCC3(OCCO3)[C@@H](C)[C@@H]1CC2. The number of hydrogen-bond donors (Lipinski definition) is 0. The lowest BCUT2D eigenvalue weighted by Crippen LogP contribution is -2.64. The monoisotopic (exact) mass is 1760 g/mol. The summed E-state index contributed by atoms with van der Waals surface area (Å²) in [5, 5.41) is -0.00318. The highest BCUT2D eigenvalue weighted by molar-refractivity contribution is 6.75. The molecular weight excluding hydrogens is 1600 g/mol. The summed E-state index contributed by atoms with van der Waals surface area (Å²) < 4.78 is 106. The van der Waals surface area contributed by atoms with Crippen LogP contribution in [0.1, 0.15) is 220 Å². The van der Waals surface area contributed by atoms with Gasteiger partial charge in [0.15, 0.2) is 31.5 Å². The van der Waals surface area contributed by atoms with Crippen molar-refractivity contribution in [2.75, 3.05) is 123 Å². The summed E-state index contributed by atoms with van der Waals surface area (Å²) in [4.78, 5) is 78.4. The first kappa shape index (κ1) is 102. The van der Waals surface area contributed by atoms with Crippen molar-refractivity contribution in [2.24, 2.45) is 91.7 Å². The van der Waals surface area contributed by atoms with E-state index in [0.717, 1.165) is 77.0 Å². The van der Waals surface area contributed by atoms with Crippen LogP contribution in [0, 0.1) is 91.7 Å². The second-order valence-corrected chi connectivity index (χ2v) is 56.9. The Morgan fingerprint density at radius 3 is 1.27 bits per heavy atom. The van der Waals surface area contributed by atoms with Crippen molar-refractivity contribution in [2.45, 2.75) is 298 Å². The van der Waals surface area contributed by atoms with Crippen molar-refractivity contribution in [3.63, 3.8) is 0 Å². The van der Waals surface area contributed by atoms with E-state index in [1.165, 1.54) is 35.5 Å². The Bertz CT molecular complexity index is 3730. The number of methoxy groups -OCH3 is 9. The van der Waals surface area contributed by atoms with E-state index in [-0.39, 0.29) is 115 Å². The third-order valence-corrected chi connectivity index (χ3v) is 47.1. The Hall–Kier alpha value is -4.37. The van der Waals surface area contributed by atoms with Gasteiger partial charge in [-0.1, -0.05) is 123 Å². The fourth-order valence-electron chi connectivity index (χ4n) is 24.4. The molecule has 27 heteroatoms. The van der Waals surface area contributed by atoms with Crippen LogP contribution in [-0.4, -0.2) is 207 Å². The summed E-state index contributed by atoms with van der Waals surface area (Å²) in [5.41, 5.74) is -1.39. The maximum atomic E-state index is 13.6. The molecule has 17 atom stereocenters. The van der Waals surface area contributed by atoms with E-state index in [4.69, 9.17) is 84.3 Å². The van der Waals surface area contributed by atoms with Crippen molar-refractivity contribution in [1.82, 2.24) is 0 Å². The summed E-state index contributed by atoms with van der Waals surface area (Å²) in [5.74, 6) is -0.835. The third-order valence-electron chi connectivity index (χ3n) is 33.9. The molecule has 3 aliphatic heterocycles. The predicted octanol–water partition coefficient (Wildman–Crippen LogP) is 18.2. The van der Waals surface area contributed by atoms with Gasteiger partial charge in [-0.2, -0.15) is 0 Å². The molecule has 12 aliphatic rings. The zero-order valence-electron chi connectivity index (χ0n) is 79.3. The van der Waals surface area contributed by atoms with Crippen LogP contribution >= 0.6 is 0 Å². The Kier molecular flexibility index (Phi) is 31.8. The molecule has 24 nitrogen and oxygen atoms in total. The number of Topliss-reactive ketones (excluding diaryl/α,β-unsaturated/α-hetero) is 1. The average Bonchev–Trinajstić information content (AvgIpc) is 1.45. The minimum Gasteiger partial charge on any atom is -0.546 e. The summed E-state index contributed by atoms with van der Waals surface area (Å²) >= 11 is 0. The second kappa shape index (κ2) is 37.7. The molecule has 6 saturated carbocycles. The van der Waals surface area contributed by atoms with Crippen molar-refractivity contribution < 1.29 is 113 Å². The molecule has 0 aromatic heterocycles.